The number of rotatable bonds is 8. The number of nitrogens with zero attached hydrogens (tertiary/aromatic N) is 1. The first-order chi connectivity index (χ1) is 15.2. The average molecular weight is 463 g/mol. The number of methoxy groups -OCH3 is 1. The van der Waals surface area contributed by atoms with E-state index in [0.717, 1.165) is 4.90 Å². The molecule has 3 rings (SSSR count). The predicted molar refractivity (Wildman–Crippen MR) is 115 cm³/mol. The molecule has 1 saturated heterocycles. The summed E-state index contributed by atoms with van der Waals surface area (Å²) in [5.74, 6) is -0.129. The molecule has 0 aliphatic carbocycles. The largest absolute Gasteiger partial charge is 0.490 e. The van der Waals surface area contributed by atoms with Crippen molar-refractivity contribution in [2.45, 2.75) is 33.4 Å². The molecule has 0 saturated carbocycles. The minimum atomic E-state index is -0.652. The molecule has 1 aliphatic heterocycles. The summed E-state index contributed by atoms with van der Waals surface area (Å²) < 4.78 is 21.3. The molecular weight excluding hydrogens is 440 g/mol. The van der Waals surface area contributed by atoms with Crippen molar-refractivity contribution >= 4 is 35.6 Å². The fourth-order valence-corrected chi connectivity index (χ4v) is 3.26. The monoisotopic (exact) mass is 462 g/mol. The van der Waals surface area contributed by atoms with Crippen molar-refractivity contribution in [1.29, 1.82) is 0 Å². The Bertz CT molecular complexity index is 1070. The van der Waals surface area contributed by atoms with Crippen LogP contribution in [0.15, 0.2) is 34.4 Å². The van der Waals surface area contributed by atoms with Crippen LogP contribution in [0.4, 0.5) is 4.79 Å². The van der Waals surface area contributed by atoms with E-state index in [2.05, 4.69) is 10.1 Å². The summed E-state index contributed by atoms with van der Waals surface area (Å²) in [6, 6.07) is 5.58. The molecule has 1 aromatic heterocycles. The van der Waals surface area contributed by atoms with Crippen molar-refractivity contribution in [3.05, 3.63) is 52.1 Å². The molecule has 0 unspecified atom stereocenters. The summed E-state index contributed by atoms with van der Waals surface area (Å²) in [6.45, 7) is 5.82. The average Bonchev–Trinajstić information content (AvgIpc) is 3.30. The quantitative estimate of drug-likeness (QED) is 0.359. The second-order valence-electron chi connectivity index (χ2n) is 7.07. The van der Waals surface area contributed by atoms with Gasteiger partial charge in [0.2, 0.25) is 5.76 Å². The SMILES string of the molecule is CCOc1cc(C=C2NC(=O)N(Cc3ccc(C(=O)OC)o3)C2=O)cc(Cl)c1OC(C)C. The van der Waals surface area contributed by atoms with Crippen LogP contribution in [-0.4, -0.2) is 42.6 Å². The molecule has 1 aliphatic rings. The fourth-order valence-electron chi connectivity index (χ4n) is 3.00. The van der Waals surface area contributed by atoms with Crippen LogP contribution >= 0.6 is 11.6 Å². The van der Waals surface area contributed by atoms with Crippen LogP contribution in [0.3, 0.4) is 0 Å². The highest BCUT2D eigenvalue weighted by Crippen LogP contribution is 2.38. The molecule has 2 heterocycles. The van der Waals surface area contributed by atoms with Crippen LogP contribution in [0.5, 0.6) is 11.5 Å². The highest BCUT2D eigenvalue weighted by Gasteiger charge is 2.34. The van der Waals surface area contributed by atoms with E-state index in [1.165, 1.54) is 25.3 Å². The lowest BCUT2D eigenvalue weighted by Crippen LogP contribution is -2.30. The van der Waals surface area contributed by atoms with Gasteiger partial charge in [-0.15, -0.1) is 0 Å². The lowest BCUT2D eigenvalue weighted by Gasteiger charge is -2.16. The Balaban J connectivity index is 1.83. The number of benzene rings is 1. The van der Waals surface area contributed by atoms with E-state index in [-0.39, 0.29) is 29.9 Å². The zero-order valence-corrected chi connectivity index (χ0v) is 18.8. The number of nitrogens with one attached hydrogen (secondary N) is 1. The third-order valence-corrected chi connectivity index (χ3v) is 4.60. The topological polar surface area (TPSA) is 107 Å². The molecule has 0 spiro atoms. The summed E-state index contributed by atoms with van der Waals surface area (Å²) >= 11 is 6.37. The molecule has 1 N–H and O–H groups in total. The molecule has 0 atom stereocenters. The fraction of sp³-hybridized carbons (Fsp3) is 0.318. The van der Waals surface area contributed by atoms with Gasteiger partial charge >= 0.3 is 12.0 Å². The third-order valence-electron chi connectivity index (χ3n) is 4.32. The minimum absolute atomic E-state index is 0.0212. The van der Waals surface area contributed by atoms with Gasteiger partial charge in [0.1, 0.15) is 11.5 Å². The highest BCUT2D eigenvalue weighted by atomic mass is 35.5. The van der Waals surface area contributed by atoms with Gasteiger partial charge < -0.3 is 23.9 Å². The third kappa shape index (κ3) is 5.05. The maximum atomic E-state index is 12.8. The van der Waals surface area contributed by atoms with Crippen molar-refractivity contribution in [3.8, 4) is 11.5 Å². The van der Waals surface area contributed by atoms with E-state index in [1.807, 2.05) is 20.8 Å². The van der Waals surface area contributed by atoms with Gasteiger partial charge in [-0.2, -0.15) is 0 Å². The zero-order chi connectivity index (χ0) is 23.4. The first kappa shape index (κ1) is 23.2. The van der Waals surface area contributed by atoms with Gasteiger partial charge in [0.25, 0.3) is 5.91 Å². The number of amides is 3. The molecule has 0 radical (unpaired) electrons. The van der Waals surface area contributed by atoms with Crippen molar-refractivity contribution < 1.29 is 33.0 Å². The Kier molecular flexibility index (Phi) is 7.09. The van der Waals surface area contributed by atoms with Crippen molar-refractivity contribution in [2.24, 2.45) is 0 Å². The van der Waals surface area contributed by atoms with Gasteiger partial charge in [-0.25, -0.2) is 9.59 Å². The van der Waals surface area contributed by atoms with Gasteiger partial charge in [-0.05, 0) is 56.7 Å². The number of hydrogen-bond acceptors (Lipinski definition) is 7. The Hall–Kier alpha value is -3.46. The minimum Gasteiger partial charge on any atom is -0.490 e. The van der Waals surface area contributed by atoms with E-state index in [1.54, 1.807) is 12.1 Å². The Morgan fingerprint density at radius 2 is 2.03 bits per heavy atom. The van der Waals surface area contributed by atoms with Crippen LogP contribution in [0.2, 0.25) is 5.02 Å². The van der Waals surface area contributed by atoms with E-state index in [4.69, 9.17) is 25.5 Å². The van der Waals surface area contributed by atoms with E-state index >= 15 is 0 Å². The van der Waals surface area contributed by atoms with Crippen molar-refractivity contribution in [3.63, 3.8) is 0 Å². The molecule has 9 nitrogen and oxygen atoms in total. The standard InChI is InChI=1S/C22H23ClN2O7/c1-5-30-18-10-13(8-15(23)19(18)31-12(2)3)9-16-20(26)25(22(28)24-16)11-14-6-7-17(32-14)21(27)29-4/h6-10,12H,5,11H2,1-4H3,(H,24,28). The normalized spacial score (nSPS) is 14.8. The number of ether oxygens (including phenoxy) is 3. The maximum absolute atomic E-state index is 12.8. The van der Waals surface area contributed by atoms with Gasteiger partial charge in [0, 0.05) is 0 Å². The van der Waals surface area contributed by atoms with Crippen molar-refractivity contribution in [1.82, 2.24) is 10.2 Å². The first-order valence-electron chi connectivity index (χ1n) is 9.88. The number of halogens is 1. The second kappa shape index (κ2) is 9.78. The smallest absolute Gasteiger partial charge is 0.373 e. The molecule has 1 aromatic carbocycles. The lowest BCUT2D eigenvalue weighted by molar-refractivity contribution is -0.123. The first-order valence-corrected chi connectivity index (χ1v) is 10.3. The van der Waals surface area contributed by atoms with Gasteiger partial charge in [-0.3, -0.25) is 9.69 Å². The van der Waals surface area contributed by atoms with Crippen LogP contribution in [0, 0.1) is 0 Å². The van der Waals surface area contributed by atoms with E-state index < -0.39 is 17.9 Å². The van der Waals surface area contributed by atoms with Crippen LogP contribution in [0.25, 0.3) is 6.08 Å². The van der Waals surface area contributed by atoms with Gasteiger partial charge in [0.05, 0.1) is 31.4 Å². The molecule has 170 valence electrons. The highest BCUT2D eigenvalue weighted by molar-refractivity contribution is 6.32. The molecule has 3 amide bonds. The number of hydrogen-bond donors (Lipinski definition) is 1. The van der Waals surface area contributed by atoms with E-state index in [9.17, 15) is 14.4 Å². The summed E-state index contributed by atoms with van der Waals surface area (Å²) in [4.78, 5) is 37.6. The predicted octanol–water partition coefficient (Wildman–Crippen LogP) is 4.00. The molecule has 10 heteroatoms. The Morgan fingerprint density at radius 3 is 2.69 bits per heavy atom. The molecule has 32 heavy (non-hydrogen) atoms. The number of imide groups is 1. The molecular formula is C22H23ClN2O7. The van der Waals surface area contributed by atoms with Crippen molar-refractivity contribution in [2.75, 3.05) is 13.7 Å². The van der Waals surface area contributed by atoms with Crippen LogP contribution in [-0.2, 0) is 16.1 Å². The van der Waals surface area contributed by atoms with Gasteiger partial charge in [0.15, 0.2) is 11.5 Å². The molecule has 1 fully saturated rings. The number of urea groups is 1. The number of carbonyl (C=O) groups is 3. The summed E-state index contributed by atoms with van der Waals surface area (Å²) in [5, 5.41) is 2.85. The zero-order valence-electron chi connectivity index (χ0n) is 18.1. The molecule has 2 aromatic rings. The van der Waals surface area contributed by atoms with E-state index in [0.29, 0.717) is 28.7 Å². The van der Waals surface area contributed by atoms with Crippen LogP contribution < -0.4 is 14.8 Å². The number of furan rings is 1. The number of carbonyl (C=O) groups excluding carboxylic acids is 3. The van der Waals surface area contributed by atoms with Crippen LogP contribution in [0.1, 0.15) is 42.6 Å². The summed E-state index contributed by atoms with van der Waals surface area (Å²) in [7, 11) is 1.23. The summed E-state index contributed by atoms with van der Waals surface area (Å²) in [5.41, 5.74) is 0.608. The van der Waals surface area contributed by atoms with Gasteiger partial charge in [-0.1, -0.05) is 11.6 Å². The number of esters is 1. The maximum Gasteiger partial charge on any atom is 0.373 e. The summed E-state index contributed by atoms with van der Waals surface area (Å²) in [6.07, 6.45) is 1.39. The second-order valence-corrected chi connectivity index (χ2v) is 7.47. The lowest BCUT2D eigenvalue weighted by atomic mass is 10.1. The molecule has 0 bridgehead atoms. The Labute approximate surface area is 189 Å². The Morgan fingerprint density at radius 1 is 1.28 bits per heavy atom.